The first-order valence-corrected chi connectivity index (χ1v) is 11.9. The number of nitrogens with zero attached hydrogens (tertiary/aromatic N) is 1. The Morgan fingerprint density at radius 2 is 1.83 bits per heavy atom. The number of hydrogen-bond acceptors (Lipinski definition) is 4. The minimum atomic E-state index is -3.62. The third kappa shape index (κ3) is 4.91. The fraction of sp³-hybridized carbons (Fsp3) is 0.435. The normalized spacial score (nSPS) is 19.6. The molecule has 2 aromatic carbocycles. The molecule has 0 bridgehead atoms. The summed E-state index contributed by atoms with van der Waals surface area (Å²) in [6.45, 7) is 7.05. The van der Waals surface area contributed by atoms with Gasteiger partial charge in [0.2, 0.25) is 10.0 Å². The van der Waals surface area contributed by atoms with E-state index in [1.165, 1.54) is 22.0 Å². The van der Waals surface area contributed by atoms with Crippen molar-refractivity contribution < 1.29 is 17.9 Å². The van der Waals surface area contributed by atoms with Crippen LogP contribution < -0.4 is 5.32 Å². The lowest BCUT2D eigenvalue weighted by Crippen LogP contribution is -2.42. The van der Waals surface area contributed by atoms with Crippen molar-refractivity contribution in [1.29, 1.82) is 0 Å². The van der Waals surface area contributed by atoms with Gasteiger partial charge in [-0.3, -0.25) is 4.79 Å². The average Bonchev–Trinajstić information content (AvgIpc) is 2.75. The minimum absolute atomic E-state index is 0.133. The number of nitrogens with one attached hydrogen (secondary N) is 1. The van der Waals surface area contributed by atoms with E-state index in [1.807, 2.05) is 31.2 Å². The molecule has 0 radical (unpaired) electrons. The molecule has 6 nitrogen and oxygen atoms in total. The van der Waals surface area contributed by atoms with Gasteiger partial charge in [0.15, 0.2) is 0 Å². The first kappa shape index (κ1) is 22.5. The molecule has 0 spiro atoms. The van der Waals surface area contributed by atoms with E-state index in [9.17, 15) is 13.2 Å². The van der Waals surface area contributed by atoms with E-state index in [-0.39, 0.29) is 22.9 Å². The van der Waals surface area contributed by atoms with E-state index in [0.717, 1.165) is 18.4 Å². The highest BCUT2D eigenvalue weighted by molar-refractivity contribution is 7.89. The van der Waals surface area contributed by atoms with E-state index in [1.54, 1.807) is 26.0 Å². The molecule has 1 aliphatic rings. The quantitative estimate of drug-likeness (QED) is 0.727. The van der Waals surface area contributed by atoms with Crippen LogP contribution in [0.15, 0.2) is 53.4 Å². The SMILES string of the molecule is CCN(CC)S(=O)(=O)c1cccc(C(=O)N[C@@H]2CCCO[C@@H]2c2ccc(C)cc2)c1. The van der Waals surface area contributed by atoms with Crippen LogP contribution in [0, 0.1) is 6.92 Å². The Morgan fingerprint density at radius 3 is 2.50 bits per heavy atom. The zero-order valence-electron chi connectivity index (χ0n) is 17.8. The Balaban J connectivity index is 1.80. The smallest absolute Gasteiger partial charge is 0.251 e. The molecule has 0 unspecified atom stereocenters. The van der Waals surface area contributed by atoms with Crippen molar-refractivity contribution in [2.24, 2.45) is 0 Å². The van der Waals surface area contributed by atoms with Crippen molar-refractivity contribution in [2.75, 3.05) is 19.7 Å². The fourth-order valence-corrected chi connectivity index (χ4v) is 5.28. The van der Waals surface area contributed by atoms with Gasteiger partial charge in [0.25, 0.3) is 5.91 Å². The predicted octanol–water partition coefficient (Wildman–Crippen LogP) is 3.68. The van der Waals surface area contributed by atoms with Crippen LogP contribution in [-0.4, -0.2) is 44.4 Å². The molecule has 3 rings (SSSR count). The Labute approximate surface area is 179 Å². The maximum absolute atomic E-state index is 13.0. The number of ether oxygens (including phenoxy) is 1. The van der Waals surface area contributed by atoms with E-state index in [4.69, 9.17) is 4.74 Å². The van der Waals surface area contributed by atoms with Gasteiger partial charge in [-0.15, -0.1) is 0 Å². The number of rotatable bonds is 7. The third-order valence-electron chi connectivity index (χ3n) is 5.48. The second-order valence-electron chi connectivity index (χ2n) is 7.54. The van der Waals surface area contributed by atoms with Crippen LogP contribution in [0.2, 0.25) is 0 Å². The summed E-state index contributed by atoms with van der Waals surface area (Å²) in [7, 11) is -3.62. The van der Waals surface area contributed by atoms with Crippen molar-refractivity contribution in [3.05, 3.63) is 65.2 Å². The minimum Gasteiger partial charge on any atom is -0.371 e. The van der Waals surface area contributed by atoms with Gasteiger partial charge in [-0.1, -0.05) is 49.7 Å². The molecule has 2 atom stereocenters. The molecule has 0 saturated carbocycles. The summed E-state index contributed by atoms with van der Waals surface area (Å²) in [6, 6.07) is 14.2. The highest BCUT2D eigenvalue weighted by Crippen LogP contribution is 2.29. The molecular weight excluding hydrogens is 400 g/mol. The van der Waals surface area contributed by atoms with Crippen molar-refractivity contribution in [3.63, 3.8) is 0 Å². The molecule has 1 saturated heterocycles. The maximum atomic E-state index is 13.0. The van der Waals surface area contributed by atoms with Gasteiger partial charge in [0.1, 0.15) is 6.10 Å². The lowest BCUT2D eigenvalue weighted by molar-refractivity contribution is -0.00946. The number of amides is 1. The molecule has 1 heterocycles. The van der Waals surface area contributed by atoms with Crippen LogP contribution in [0.5, 0.6) is 0 Å². The number of carbonyl (C=O) groups excluding carboxylic acids is 1. The molecule has 1 amide bonds. The molecule has 0 aromatic heterocycles. The van der Waals surface area contributed by atoms with Gasteiger partial charge in [0.05, 0.1) is 10.9 Å². The number of hydrogen-bond donors (Lipinski definition) is 1. The van der Waals surface area contributed by atoms with Gasteiger partial charge in [-0.2, -0.15) is 4.31 Å². The Kier molecular flexibility index (Phi) is 7.28. The summed E-state index contributed by atoms with van der Waals surface area (Å²) in [5.74, 6) is -0.292. The molecule has 1 N–H and O–H groups in total. The van der Waals surface area contributed by atoms with Gasteiger partial charge in [-0.05, 0) is 43.5 Å². The highest BCUT2D eigenvalue weighted by Gasteiger charge is 2.29. The van der Waals surface area contributed by atoms with E-state index < -0.39 is 10.0 Å². The number of benzene rings is 2. The van der Waals surface area contributed by atoms with Crippen molar-refractivity contribution in [3.8, 4) is 0 Å². The standard InChI is InChI=1S/C23H30N2O4S/c1-4-25(5-2)30(27,28)20-9-6-8-19(16-20)23(26)24-21-10-7-15-29-22(21)18-13-11-17(3)12-14-18/h6,8-9,11-14,16,21-22H,4-5,7,10,15H2,1-3H3,(H,24,26)/t21-,22-/m1/s1. The highest BCUT2D eigenvalue weighted by atomic mass is 32.2. The Morgan fingerprint density at radius 1 is 1.13 bits per heavy atom. The van der Waals surface area contributed by atoms with Crippen LogP contribution in [0.3, 0.4) is 0 Å². The maximum Gasteiger partial charge on any atom is 0.251 e. The van der Waals surface area contributed by atoms with Crippen LogP contribution in [0.1, 0.15) is 54.3 Å². The molecule has 1 aliphatic heterocycles. The lowest BCUT2D eigenvalue weighted by Gasteiger charge is -2.32. The van der Waals surface area contributed by atoms with Crippen LogP contribution in [0.4, 0.5) is 0 Å². The summed E-state index contributed by atoms with van der Waals surface area (Å²) < 4.78 is 33.0. The van der Waals surface area contributed by atoms with E-state index in [0.29, 0.717) is 25.3 Å². The van der Waals surface area contributed by atoms with Gasteiger partial charge in [0, 0.05) is 25.3 Å². The van der Waals surface area contributed by atoms with E-state index in [2.05, 4.69) is 5.32 Å². The summed E-state index contributed by atoms with van der Waals surface area (Å²) in [5, 5.41) is 3.06. The molecule has 7 heteroatoms. The largest absolute Gasteiger partial charge is 0.371 e. The van der Waals surface area contributed by atoms with Gasteiger partial charge >= 0.3 is 0 Å². The van der Waals surface area contributed by atoms with Crippen molar-refractivity contribution in [1.82, 2.24) is 9.62 Å². The molecule has 0 aliphatic carbocycles. The summed E-state index contributed by atoms with van der Waals surface area (Å²) in [5.41, 5.74) is 2.53. The summed E-state index contributed by atoms with van der Waals surface area (Å²) in [6.07, 6.45) is 1.46. The topological polar surface area (TPSA) is 75.7 Å². The lowest BCUT2D eigenvalue weighted by atomic mass is 9.95. The van der Waals surface area contributed by atoms with Crippen LogP contribution in [0.25, 0.3) is 0 Å². The van der Waals surface area contributed by atoms with Crippen molar-refractivity contribution >= 4 is 15.9 Å². The van der Waals surface area contributed by atoms with Crippen molar-refractivity contribution in [2.45, 2.75) is 50.7 Å². The number of aryl methyl sites for hydroxylation is 1. The molecule has 162 valence electrons. The summed E-state index contributed by atoms with van der Waals surface area (Å²) in [4.78, 5) is 13.1. The fourth-order valence-electron chi connectivity index (χ4n) is 3.78. The first-order chi connectivity index (χ1) is 14.4. The molecule has 1 fully saturated rings. The van der Waals surface area contributed by atoms with Gasteiger partial charge < -0.3 is 10.1 Å². The number of carbonyl (C=O) groups is 1. The average molecular weight is 431 g/mol. The second kappa shape index (κ2) is 9.73. The van der Waals surface area contributed by atoms with Crippen LogP contribution >= 0.6 is 0 Å². The third-order valence-corrected chi connectivity index (χ3v) is 7.53. The Bertz CT molecular complexity index is 969. The number of sulfonamides is 1. The predicted molar refractivity (Wildman–Crippen MR) is 117 cm³/mol. The molecule has 2 aromatic rings. The zero-order chi connectivity index (χ0) is 21.7. The monoisotopic (exact) mass is 430 g/mol. The van der Waals surface area contributed by atoms with Crippen LogP contribution in [-0.2, 0) is 14.8 Å². The van der Waals surface area contributed by atoms with Gasteiger partial charge in [-0.25, -0.2) is 8.42 Å². The molecule has 30 heavy (non-hydrogen) atoms. The summed E-state index contributed by atoms with van der Waals surface area (Å²) >= 11 is 0. The second-order valence-corrected chi connectivity index (χ2v) is 9.48. The zero-order valence-corrected chi connectivity index (χ0v) is 18.6. The van der Waals surface area contributed by atoms with E-state index >= 15 is 0 Å². The first-order valence-electron chi connectivity index (χ1n) is 10.5. The molecular formula is C23H30N2O4S. The Hall–Kier alpha value is -2.22.